The van der Waals surface area contributed by atoms with Crippen LogP contribution in [0.3, 0.4) is 0 Å². The summed E-state index contributed by atoms with van der Waals surface area (Å²) in [4.78, 5) is 34.3. The number of anilines is 2. The molecule has 0 saturated carbocycles. The predicted molar refractivity (Wildman–Crippen MR) is 200 cm³/mol. The van der Waals surface area contributed by atoms with Gasteiger partial charge in [-0.1, -0.05) is 66.2 Å². The quantitative estimate of drug-likeness (QED) is 0.0679. The number of Topliss-reactive ketones (excluding diaryl/α,β-unsaturated/α-hetero) is 1. The van der Waals surface area contributed by atoms with Crippen molar-refractivity contribution in [2.24, 2.45) is 0 Å². The summed E-state index contributed by atoms with van der Waals surface area (Å²) in [7, 11) is 1.75. The molecule has 1 aromatic heterocycles. The van der Waals surface area contributed by atoms with E-state index in [1.54, 1.807) is 32.7 Å². The molecule has 0 bridgehead atoms. The number of aliphatic hydroxyl groups is 1. The van der Waals surface area contributed by atoms with Crippen LogP contribution in [0.4, 0.5) is 11.5 Å². The standard InChI is InChI=1S/C33H43N5O4.C7H8/c1-23(37(5)22-33(3,4)41)30(24(2)39)32(40)36-26-12-10-25(11-13-26)27-8-6-9-29-28(27)14-16-35-31(29)34-15-7-17-38-18-20-42-21-19-38;1-7-5-3-2-4-6-7/h6,8-14,16,41H,7,15,17-22H2,1-5H3,(H,34,35)(H,36,40);2-6H,1H3/b30-23+;. The van der Waals surface area contributed by atoms with E-state index in [4.69, 9.17) is 4.74 Å². The average Bonchev–Trinajstić information content (AvgIpc) is 3.07. The largest absolute Gasteiger partial charge is 0.389 e. The van der Waals surface area contributed by atoms with E-state index in [0.29, 0.717) is 11.4 Å². The van der Waals surface area contributed by atoms with Gasteiger partial charge in [0.15, 0.2) is 5.78 Å². The van der Waals surface area contributed by atoms with Gasteiger partial charge in [-0.2, -0.15) is 0 Å². The molecule has 0 unspecified atom stereocenters. The molecule has 1 fully saturated rings. The fourth-order valence-corrected chi connectivity index (χ4v) is 5.86. The number of pyridine rings is 1. The summed E-state index contributed by atoms with van der Waals surface area (Å²) in [5.41, 5.74) is 3.59. The summed E-state index contributed by atoms with van der Waals surface area (Å²) in [5.74, 6) is 0.0590. The van der Waals surface area contributed by atoms with Crippen LogP contribution in [-0.4, -0.2) is 90.2 Å². The molecule has 49 heavy (non-hydrogen) atoms. The molecule has 1 aliphatic rings. The fraction of sp³-hybridized carbons (Fsp3) is 0.375. The Balaban J connectivity index is 0.000000686. The number of allylic oxidation sites excluding steroid dienone is 1. The highest BCUT2D eigenvalue weighted by Gasteiger charge is 2.23. The van der Waals surface area contributed by atoms with Crippen LogP contribution in [-0.2, 0) is 14.3 Å². The smallest absolute Gasteiger partial charge is 0.261 e. The van der Waals surface area contributed by atoms with E-state index in [-0.39, 0.29) is 17.9 Å². The predicted octanol–water partition coefficient (Wildman–Crippen LogP) is 6.54. The Morgan fingerprint density at radius 1 is 0.939 bits per heavy atom. The van der Waals surface area contributed by atoms with Gasteiger partial charge in [0.1, 0.15) is 11.4 Å². The van der Waals surface area contributed by atoms with Crippen LogP contribution in [0.5, 0.6) is 0 Å². The molecule has 5 rings (SSSR count). The monoisotopic (exact) mass is 665 g/mol. The number of ketones is 1. The van der Waals surface area contributed by atoms with Gasteiger partial charge in [0.25, 0.3) is 5.91 Å². The van der Waals surface area contributed by atoms with Crippen molar-refractivity contribution in [1.29, 1.82) is 0 Å². The molecule has 3 aromatic carbocycles. The van der Waals surface area contributed by atoms with Gasteiger partial charge in [0, 0.05) is 56.2 Å². The maximum absolute atomic E-state index is 13.1. The molecule has 3 N–H and O–H groups in total. The Labute approximate surface area is 291 Å². The molecule has 260 valence electrons. The topological polar surface area (TPSA) is 107 Å². The van der Waals surface area contributed by atoms with Gasteiger partial charge in [-0.15, -0.1) is 0 Å². The molecular weight excluding hydrogens is 614 g/mol. The SMILES string of the molecule is CC(=O)/C(C(=O)Nc1ccc(-c2cccc3c(NCCCN4CCOCC4)nccc23)cc1)=C(/C)N(C)CC(C)(C)O.Cc1ccccc1. The number of hydrogen-bond acceptors (Lipinski definition) is 8. The summed E-state index contributed by atoms with van der Waals surface area (Å²) >= 11 is 0. The Hall–Kier alpha value is -4.57. The first-order valence-electron chi connectivity index (χ1n) is 16.9. The van der Waals surface area contributed by atoms with Crippen molar-refractivity contribution in [1.82, 2.24) is 14.8 Å². The molecule has 0 radical (unpaired) electrons. The van der Waals surface area contributed by atoms with Crippen molar-refractivity contribution < 1.29 is 19.4 Å². The molecule has 0 aliphatic carbocycles. The van der Waals surface area contributed by atoms with Crippen LogP contribution in [0, 0.1) is 6.92 Å². The number of aromatic nitrogens is 1. The maximum Gasteiger partial charge on any atom is 0.261 e. The summed E-state index contributed by atoms with van der Waals surface area (Å²) in [5, 5.41) is 18.7. The van der Waals surface area contributed by atoms with Gasteiger partial charge in [-0.3, -0.25) is 14.5 Å². The number of morpholine rings is 1. The van der Waals surface area contributed by atoms with E-state index in [1.807, 2.05) is 60.8 Å². The maximum atomic E-state index is 13.1. The van der Waals surface area contributed by atoms with E-state index in [1.165, 1.54) is 12.5 Å². The highest BCUT2D eigenvalue weighted by Crippen LogP contribution is 2.32. The number of nitrogens with zero attached hydrogens (tertiary/aromatic N) is 3. The second-order valence-corrected chi connectivity index (χ2v) is 13.2. The van der Waals surface area contributed by atoms with Gasteiger partial charge < -0.3 is 25.4 Å². The molecule has 9 nitrogen and oxygen atoms in total. The Kier molecular flexibility index (Phi) is 13.5. The number of benzene rings is 3. The number of carbonyl (C=O) groups is 2. The first-order chi connectivity index (χ1) is 23.4. The fourth-order valence-electron chi connectivity index (χ4n) is 5.86. The van der Waals surface area contributed by atoms with Crippen molar-refractivity contribution in [3.05, 3.63) is 102 Å². The number of fused-ring (bicyclic) bond motifs is 1. The van der Waals surface area contributed by atoms with Crippen molar-refractivity contribution in [2.45, 2.75) is 46.6 Å². The highest BCUT2D eigenvalue weighted by molar-refractivity contribution is 6.23. The summed E-state index contributed by atoms with van der Waals surface area (Å²) in [6.07, 6.45) is 2.86. The zero-order chi connectivity index (χ0) is 35.4. The summed E-state index contributed by atoms with van der Waals surface area (Å²) in [6, 6.07) is 26.1. The van der Waals surface area contributed by atoms with Gasteiger partial charge in [0.2, 0.25) is 0 Å². The van der Waals surface area contributed by atoms with Crippen LogP contribution in [0.15, 0.2) is 96.3 Å². The number of rotatable bonds is 12. The zero-order valence-electron chi connectivity index (χ0n) is 29.8. The molecule has 1 saturated heterocycles. The Bertz CT molecular complexity index is 1710. The van der Waals surface area contributed by atoms with Crippen molar-refractivity contribution in [3.8, 4) is 11.1 Å². The Morgan fingerprint density at radius 3 is 2.24 bits per heavy atom. The number of likely N-dealkylation sites (N-methyl/N-ethyl adjacent to an activating group) is 1. The number of ether oxygens (including phenoxy) is 1. The van der Waals surface area contributed by atoms with Crippen molar-refractivity contribution in [2.75, 3.05) is 63.6 Å². The van der Waals surface area contributed by atoms with E-state index in [0.717, 1.165) is 73.5 Å². The number of nitrogens with one attached hydrogen (secondary N) is 2. The lowest BCUT2D eigenvalue weighted by Crippen LogP contribution is -2.37. The van der Waals surface area contributed by atoms with Crippen LogP contribution < -0.4 is 10.6 Å². The molecule has 0 spiro atoms. The van der Waals surface area contributed by atoms with Crippen LogP contribution >= 0.6 is 0 Å². The van der Waals surface area contributed by atoms with Crippen LogP contribution in [0.2, 0.25) is 0 Å². The van der Waals surface area contributed by atoms with E-state index >= 15 is 0 Å². The third-order valence-corrected chi connectivity index (χ3v) is 8.39. The van der Waals surface area contributed by atoms with E-state index < -0.39 is 11.5 Å². The molecule has 4 aromatic rings. The highest BCUT2D eigenvalue weighted by atomic mass is 16.5. The van der Waals surface area contributed by atoms with E-state index in [2.05, 4.69) is 51.7 Å². The van der Waals surface area contributed by atoms with Gasteiger partial charge in [-0.25, -0.2) is 4.98 Å². The molecule has 9 heteroatoms. The van der Waals surface area contributed by atoms with Crippen LogP contribution in [0.1, 0.15) is 39.7 Å². The second kappa shape index (κ2) is 17.7. The number of aryl methyl sites for hydroxylation is 1. The summed E-state index contributed by atoms with van der Waals surface area (Å²) in [6.45, 7) is 14.3. The molecule has 1 aliphatic heterocycles. The lowest BCUT2D eigenvalue weighted by Gasteiger charge is -2.28. The first kappa shape index (κ1) is 37.3. The molecule has 0 atom stereocenters. The van der Waals surface area contributed by atoms with Gasteiger partial charge in [0.05, 0.1) is 18.8 Å². The van der Waals surface area contributed by atoms with E-state index in [9.17, 15) is 14.7 Å². The third kappa shape index (κ3) is 11.2. The molecule has 1 amide bonds. The Morgan fingerprint density at radius 2 is 1.63 bits per heavy atom. The van der Waals surface area contributed by atoms with Crippen molar-refractivity contribution in [3.63, 3.8) is 0 Å². The van der Waals surface area contributed by atoms with Gasteiger partial charge >= 0.3 is 0 Å². The summed E-state index contributed by atoms with van der Waals surface area (Å²) < 4.78 is 5.43. The zero-order valence-corrected chi connectivity index (χ0v) is 29.8. The first-order valence-corrected chi connectivity index (χ1v) is 16.9. The normalized spacial score (nSPS) is 13.9. The average molecular weight is 666 g/mol. The van der Waals surface area contributed by atoms with Crippen LogP contribution in [0.25, 0.3) is 21.9 Å². The third-order valence-electron chi connectivity index (χ3n) is 8.39. The lowest BCUT2D eigenvalue weighted by atomic mass is 9.98. The number of amides is 1. The van der Waals surface area contributed by atoms with Crippen molar-refractivity contribution >= 4 is 34.0 Å². The minimum absolute atomic E-state index is 0.0670. The second-order valence-electron chi connectivity index (χ2n) is 13.2. The number of carbonyl (C=O) groups excluding carboxylic acids is 2. The van der Waals surface area contributed by atoms with Gasteiger partial charge in [-0.05, 0) is 82.3 Å². The minimum Gasteiger partial charge on any atom is -0.389 e. The lowest BCUT2D eigenvalue weighted by molar-refractivity contribution is -0.119. The molecular formula is C40H51N5O4. The molecule has 2 heterocycles. The number of hydrogen-bond donors (Lipinski definition) is 3. The minimum atomic E-state index is -0.970.